The van der Waals surface area contributed by atoms with E-state index in [9.17, 15) is 0 Å². The fourth-order valence-corrected chi connectivity index (χ4v) is 1.85. The molecule has 6 heteroatoms. The highest BCUT2D eigenvalue weighted by atomic mass is 32.1. The molecule has 0 fully saturated rings. The van der Waals surface area contributed by atoms with E-state index in [0.717, 1.165) is 43.2 Å². The minimum Gasteiger partial charge on any atom is -0.496 e. The van der Waals surface area contributed by atoms with Crippen LogP contribution in [0.3, 0.4) is 0 Å². The van der Waals surface area contributed by atoms with Gasteiger partial charge in [0.2, 0.25) is 0 Å². The lowest BCUT2D eigenvalue weighted by Crippen LogP contribution is -2.33. The second kappa shape index (κ2) is 10.1. The quantitative estimate of drug-likeness (QED) is 0.334. The first-order valence-electron chi connectivity index (χ1n) is 6.98. The summed E-state index contributed by atoms with van der Waals surface area (Å²) in [6.45, 7) is 6.12. The smallest absolute Gasteiger partial charge is 0.186 e. The molecule has 0 aliphatic rings. The van der Waals surface area contributed by atoms with E-state index in [1.165, 1.54) is 0 Å². The van der Waals surface area contributed by atoms with Gasteiger partial charge >= 0.3 is 0 Å². The Bertz CT molecular complexity index is 478. The third kappa shape index (κ3) is 6.55. The fourth-order valence-electron chi connectivity index (χ4n) is 1.70. The maximum absolute atomic E-state index is 5.30. The van der Waals surface area contributed by atoms with Crippen molar-refractivity contribution in [1.82, 2.24) is 10.7 Å². The second-order valence-electron chi connectivity index (χ2n) is 4.32. The van der Waals surface area contributed by atoms with Gasteiger partial charge in [0.05, 0.1) is 12.8 Å². The number of benzene rings is 1. The largest absolute Gasteiger partial charge is 0.496 e. The first-order valence-corrected chi connectivity index (χ1v) is 7.39. The van der Waals surface area contributed by atoms with Crippen molar-refractivity contribution in [2.45, 2.75) is 20.3 Å². The molecule has 21 heavy (non-hydrogen) atoms. The molecule has 5 nitrogen and oxygen atoms in total. The Kier molecular flexibility index (Phi) is 8.38. The third-order valence-corrected chi connectivity index (χ3v) is 3.01. The van der Waals surface area contributed by atoms with Crippen LogP contribution in [0.1, 0.15) is 25.8 Å². The van der Waals surface area contributed by atoms with Crippen molar-refractivity contribution in [1.29, 1.82) is 0 Å². The van der Waals surface area contributed by atoms with Gasteiger partial charge in [-0.1, -0.05) is 12.1 Å². The summed E-state index contributed by atoms with van der Waals surface area (Å²) >= 11 is 5.16. The van der Waals surface area contributed by atoms with Crippen LogP contribution in [0.5, 0.6) is 5.75 Å². The molecule has 116 valence electrons. The van der Waals surface area contributed by atoms with Crippen LogP contribution in [0.25, 0.3) is 0 Å². The molecule has 0 aromatic heterocycles. The van der Waals surface area contributed by atoms with Gasteiger partial charge in [0.1, 0.15) is 5.75 Å². The molecule has 0 spiro atoms. The van der Waals surface area contributed by atoms with Crippen LogP contribution >= 0.6 is 12.2 Å². The van der Waals surface area contributed by atoms with E-state index in [2.05, 4.69) is 15.8 Å². The van der Waals surface area contributed by atoms with Crippen LogP contribution in [0.4, 0.5) is 0 Å². The Balaban J connectivity index is 2.42. The fraction of sp³-hybridized carbons (Fsp3) is 0.467. The van der Waals surface area contributed by atoms with E-state index >= 15 is 0 Å². The molecule has 1 aromatic rings. The summed E-state index contributed by atoms with van der Waals surface area (Å²) in [7, 11) is 1.64. The Morgan fingerprint density at radius 1 is 1.33 bits per heavy atom. The molecule has 2 N–H and O–H groups in total. The third-order valence-electron chi connectivity index (χ3n) is 2.78. The van der Waals surface area contributed by atoms with Crippen LogP contribution in [0.15, 0.2) is 29.4 Å². The zero-order valence-corrected chi connectivity index (χ0v) is 13.6. The maximum atomic E-state index is 5.30. The highest BCUT2D eigenvalue weighted by molar-refractivity contribution is 7.80. The minimum absolute atomic E-state index is 0.501. The molecular formula is C15H23N3O2S. The summed E-state index contributed by atoms with van der Waals surface area (Å²) < 4.78 is 10.6. The van der Waals surface area contributed by atoms with Crippen LogP contribution in [-0.2, 0) is 4.74 Å². The van der Waals surface area contributed by atoms with Gasteiger partial charge in [0.15, 0.2) is 5.11 Å². The van der Waals surface area contributed by atoms with Crippen LogP contribution < -0.4 is 15.5 Å². The van der Waals surface area contributed by atoms with Crippen molar-refractivity contribution >= 4 is 23.0 Å². The maximum Gasteiger partial charge on any atom is 0.186 e. The molecule has 1 rings (SSSR count). The van der Waals surface area contributed by atoms with Crippen molar-refractivity contribution in [2.24, 2.45) is 5.10 Å². The Labute approximate surface area is 131 Å². The van der Waals surface area contributed by atoms with Gasteiger partial charge in [-0.25, -0.2) is 0 Å². The first-order chi connectivity index (χ1) is 10.2. The molecule has 0 saturated heterocycles. The molecule has 0 heterocycles. The van der Waals surface area contributed by atoms with Crippen molar-refractivity contribution in [2.75, 3.05) is 26.9 Å². The van der Waals surface area contributed by atoms with Gasteiger partial charge in [-0.05, 0) is 44.6 Å². The zero-order chi connectivity index (χ0) is 15.5. The molecule has 0 radical (unpaired) electrons. The Morgan fingerprint density at radius 3 is 2.81 bits per heavy atom. The molecule has 0 bridgehead atoms. The van der Waals surface area contributed by atoms with E-state index in [1.807, 2.05) is 38.1 Å². The lowest BCUT2D eigenvalue weighted by Gasteiger charge is -2.10. The average Bonchev–Trinajstić information content (AvgIpc) is 2.52. The second-order valence-corrected chi connectivity index (χ2v) is 4.72. The number of rotatable bonds is 8. The molecule has 1 aromatic carbocycles. The number of ether oxygens (including phenoxy) is 2. The van der Waals surface area contributed by atoms with E-state index in [-0.39, 0.29) is 0 Å². The number of methoxy groups -OCH3 is 1. The van der Waals surface area contributed by atoms with Gasteiger partial charge in [0, 0.05) is 25.3 Å². The number of nitrogens with zero attached hydrogens (tertiary/aromatic N) is 1. The van der Waals surface area contributed by atoms with Gasteiger partial charge < -0.3 is 14.8 Å². The van der Waals surface area contributed by atoms with Crippen molar-refractivity contribution in [3.63, 3.8) is 0 Å². The molecule has 0 aliphatic heterocycles. The van der Waals surface area contributed by atoms with Crippen molar-refractivity contribution in [3.05, 3.63) is 29.8 Å². The van der Waals surface area contributed by atoms with Crippen LogP contribution in [0, 0.1) is 0 Å². The zero-order valence-electron chi connectivity index (χ0n) is 12.8. The lowest BCUT2D eigenvalue weighted by molar-refractivity contribution is 0.145. The minimum atomic E-state index is 0.501. The van der Waals surface area contributed by atoms with Crippen molar-refractivity contribution in [3.8, 4) is 5.75 Å². The summed E-state index contributed by atoms with van der Waals surface area (Å²) in [5, 5.41) is 7.85. The average molecular weight is 309 g/mol. The highest BCUT2D eigenvalue weighted by Crippen LogP contribution is 2.17. The topological polar surface area (TPSA) is 54.9 Å². The van der Waals surface area contributed by atoms with Gasteiger partial charge in [-0.15, -0.1) is 0 Å². The van der Waals surface area contributed by atoms with Gasteiger partial charge in [0.25, 0.3) is 0 Å². The highest BCUT2D eigenvalue weighted by Gasteiger charge is 2.04. The van der Waals surface area contributed by atoms with E-state index in [4.69, 9.17) is 21.7 Å². The number of hydrogen-bond donors (Lipinski definition) is 2. The number of hydrazone groups is 1. The first kappa shape index (κ1) is 17.4. The molecular weight excluding hydrogens is 286 g/mol. The molecule has 0 amide bonds. The predicted molar refractivity (Wildman–Crippen MR) is 90.1 cm³/mol. The summed E-state index contributed by atoms with van der Waals surface area (Å²) in [5.74, 6) is 0.788. The molecule has 0 aliphatic carbocycles. The summed E-state index contributed by atoms with van der Waals surface area (Å²) in [5.41, 5.74) is 4.58. The van der Waals surface area contributed by atoms with Crippen LogP contribution in [-0.4, -0.2) is 37.7 Å². The number of para-hydroxylation sites is 1. The summed E-state index contributed by atoms with van der Waals surface area (Å²) in [4.78, 5) is 0. The molecule has 0 saturated carbocycles. The van der Waals surface area contributed by atoms with Crippen LogP contribution in [0.2, 0.25) is 0 Å². The number of hydrogen-bond acceptors (Lipinski definition) is 4. The number of thiocarbonyl (C=S) groups is 1. The van der Waals surface area contributed by atoms with Gasteiger partial charge in [-0.3, -0.25) is 5.43 Å². The lowest BCUT2D eigenvalue weighted by atomic mass is 10.1. The van der Waals surface area contributed by atoms with E-state index < -0.39 is 0 Å². The summed E-state index contributed by atoms with van der Waals surface area (Å²) in [6, 6.07) is 7.73. The van der Waals surface area contributed by atoms with Crippen molar-refractivity contribution < 1.29 is 9.47 Å². The monoisotopic (exact) mass is 309 g/mol. The summed E-state index contributed by atoms with van der Waals surface area (Å²) in [6.07, 6.45) is 0.908. The number of nitrogens with one attached hydrogen (secondary N) is 2. The van der Waals surface area contributed by atoms with Gasteiger partial charge in [-0.2, -0.15) is 5.10 Å². The molecule has 0 atom stereocenters. The predicted octanol–water partition coefficient (Wildman–Crippen LogP) is 2.31. The SMILES string of the molecule is CCOCCCNC(=S)N/N=C(/C)c1ccccc1OC. The van der Waals surface area contributed by atoms with E-state index in [1.54, 1.807) is 7.11 Å². The normalized spacial score (nSPS) is 11.1. The standard InChI is InChI=1S/C15H23N3O2S/c1-4-20-11-7-10-16-15(21)18-17-12(2)13-8-5-6-9-14(13)19-3/h5-6,8-9H,4,7,10-11H2,1-3H3,(H2,16,18,21)/b17-12-. The van der Waals surface area contributed by atoms with E-state index in [0.29, 0.717) is 5.11 Å². The Morgan fingerprint density at radius 2 is 2.10 bits per heavy atom. The Hall–Kier alpha value is -1.66. The molecule has 0 unspecified atom stereocenters.